The molecular weight excluding hydrogens is 354 g/mol. The summed E-state index contributed by atoms with van der Waals surface area (Å²) in [6.07, 6.45) is 7.62. The van der Waals surface area contributed by atoms with Crippen LogP contribution in [0.1, 0.15) is 68.6 Å². The Bertz CT molecular complexity index is 542. The fraction of sp³-hybridized carbons (Fsp3) is 0.737. The summed E-state index contributed by atoms with van der Waals surface area (Å²) >= 11 is 3.49. The van der Waals surface area contributed by atoms with Crippen LogP contribution in [-0.2, 0) is 24.1 Å². The van der Waals surface area contributed by atoms with Crippen molar-refractivity contribution in [1.82, 2.24) is 4.57 Å². The van der Waals surface area contributed by atoms with Crippen molar-refractivity contribution in [3.63, 3.8) is 0 Å². The fourth-order valence-electron chi connectivity index (χ4n) is 3.52. The maximum atomic E-state index is 12.4. The molecule has 0 bridgehead atoms. The van der Waals surface area contributed by atoms with Crippen molar-refractivity contribution >= 4 is 21.9 Å². The molecule has 1 unspecified atom stereocenters. The summed E-state index contributed by atoms with van der Waals surface area (Å²) in [5.41, 5.74) is 3.69. The lowest BCUT2D eigenvalue weighted by Crippen LogP contribution is -2.28. The number of carbonyl (C=O) groups excluding carboxylic acids is 1. The van der Waals surface area contributed by atoms with Crippen molar-refractivity contribution in [2.75, 3.05) is 11.9 Å². The number of fused-ring (bicyclic) bond motifs is 1. The number of alkyl halides is 1. The molecule has 0 amide bonds. The predicted molar refractivity (Wildman–Crippen MR) is 98.4 cm³/mol. The highest BCUT2D eigenvalue weighted by atomic mass is 79.9. The molecule has 1 heterocycles. The van der Waals surface area contributed by atoms with Gasteiger partial charge in [-0.3, -0.25) is 0 Å². The molecule has 130 valence electrons. The first-order valence-corrected chi connectivity index (χ1v) is 9.94. The zero-order chi connectivity index (χ0) is 17.0. The zero-order valence-electron chi connectivity index (χ0n) is 15.0. The van der Waals surface area contributed by atoms with E-state index in [1.807, 2.05) is 13.1 Å². The van der Waals surface area contributed by atoms with E-state index < -0.39 is 0 Å². The van der Waals surface area contributed by atoms with E-state index in [-0.39, 0.29) is 11.4 Å². The van der Waals surface area contributed by atoms with E-state index in [9.17, 15) is 4.79 Å². The third-order valence-corrected chi connectivity index (χ3v) is 5.55. The molecule has 0 aromatic carbocycles. The number of carbonyl (C=O) groups is 1. The van der Waals surface area contributed by atoms with Crippen LogP contribution in [0.15, 0.2) is 6.20 Å². The van der Waals surface area contributed by atoms with E-state index in [0.717, 1.165) is 43.1 Å². The van der Waals surface area contributed by atoms with Gasteiger partial charge in [0, 0.05) is 23.8 Å². The van der Waals surface area contributed by atoms with Crippen molar-refractivity contribution < 1.29 is 9.53 Å². The number of unbranched alkanes of at least 4 members (excludes halogenated alkanes) is 1. The largest absolute Gasteiger partial charge is 0.462 e. The second-order valence-electron chi connectivity index (χ2n) is 7.58. The van der Waals surface area contributed by atoms with E-state index in [1.165, 1.54) is 17.7 Å². The van der Waals surface area contributed by atoms with Crippen LogP contribution in [0.4, 0.5) is 0 Å². The van der Waals surface area contributed by atoms with Gasteiger partial charge in [0.1, 0.15) is 0 Å². The van der Waals surface area contributed by atoms with Gasteiger partial charge < -0.3 is 9.30 Å². The molecule has 0 saturated heterocycles. The van der Waals surface area contributed by atoms with Crippen LogP contribution in [-0.4, -0.2) is 22.5 Å². The number of aryl methyl sites for hydroxylation is 1. The van der Waals surface area contributed by atoms with Gasteiger partial charge in [-0.2, -0.15) is 0 Å². The molecule has 4 heteroatoms. The van der Waals surface area contributed by atoms with Gasteiger partial charge in [-0.15, -0.1) is 0 Å². The summed E-state index contributed by atoms with van der Waals surface area (Å²) < 4.78 is 7.60. The van der Waals surface area contributed by atoms with Gasteiger partial charge in [0.05, 0.1) is 12.2 Å². The van der Waals surface area contributed by atoms with Crippen LogP contribution in [0.3, 0.4) is 0 Å². The Hall–Kier alpha value is -0.770. The second-order valence-corrected chi connectivity index (χ2v) is 8.38. The summed E-state index contributed by atoms with van der Waals surface area (Å²) in [7, 11) is 0. The van der Waals surface area contributed by atoms with Gasteiger partial charge in [-0.05, 0) is 55.9 Å². The highest BCUT2D eigenvalue weighted by Crippen LogP contribution is 2.39. The number of hydrogen-bond donors (Lipinski definition) is 0. The Morgan fingerprint density at radius 2 is 2.13 bits per heavy atom. The molecule has 2 rings (SSSR count). The lowest BCUT2D eigenvalue weighted by atomic mass is 9.71. The van der Waals surface area contributed by atoms with E-state index in [1.54, 1.807) is 0 Å². The number of aromatic nitrogens is 1. The Morgan fingerprint density at radius 1 is 1.39 bits per heavy atom. The number of rotatable bonds is 6. The molecule has 1 aliphatic carbocycles. The molecule has 3 nitrogen and oxygen atoms in total. The number of halogens is 1. The lowest BCUT2D eigenvalue weighted by molar-refractivity contribution is 0.0524. The summed E-state index contributed by atoms with van der Waals surface area (Å²) in [5.74, 6) is 0.471. The highest BCUT2D eigenvalue weighted by molar-refractivity contribution is 9.09. The Kier molecular flexibility index (Phi) is 6.35. The molecule has 0 fully saturated rings. The molecule has 0 N–H and O–H groups in total. The normalized spacial score (nSPS) is 17.9. The van der Waals surface area contributed by atoms with E-state index >= 15 is 0 Å². The lowest BCUT2D eigenvalue weighted by Gasteiger charge is -2.34. The number of esters is 1. The van der Waals surface area contributed by atoms with Crippen molar-refractivity contribution in [2.45, 2.75) is 66.3 Å². The van der Waals surface area contributed by atoms with Gasteiger partial charge >= 0.3 is 5.97 Å². The smallest absolute Gasteiger partial charge is 0.339 e. The third kappa shape index (κ3) is 4.40. The summed E-state index contributed by atoms with van der Waals surface area (Å²) in [6.45, 7) is 10.2. The van der Waals surface area contributed by atoms with Crippen LogP contribution in [0.5, 0.6) is 0 Å². The van der Waals surface area contributed by atoms with Crippen molar-refractivity contribution in [3.05, 3.63) is 23.0 Å². The van der Waals surface area contributed by atoms with Crippen molar-refractivity contribution in [3.8, 4) is 0 Å². The summed E-state index contributed by atoms with van der Waals surface area (Å²) in [5, 5.41) is 1.04. The third-order valence-electron chi connectivity index (χ3n) is 4.99. The summed E-state index contributed by atoms with van der Waals surface area (Å²) in [6, 6.07) is 0. The summed E-state index contributed by atoms with van der Waals surface area (Å²) in [4.78, 5) is 12.4. The van der Waals surface area contributed by atoms with Crippen LogP contribution >= 0.6 is 15.9 Å². The highest BCUT2D eigenvalue weighted by Gasteiger charge is 2.33. The van der Waals surface area contributed by atoms with E-state index in [0.29, 0.717) is 12.5 Å². The zero-order valence-corrected chi connectivity index (χ0v) is 16.5. The predicted octanol–water partition coefficient (Wildman–Crippen LogP) is 4.99. The molecule has 0 aliphatic heterocycles. The number of nitrogens with zero attached hydrogens (tertiary/aromatic N) is 1. The van der Waals surface area contributed by atoms with Gasteiger partial charge in [0.2, 0.25) is 0 Å². The molecule has 1 atom stereocenters. The molecular formula is C19H30BrNO2. The quantitative estimate of drug-likeness (QED) is 0.393. The van der Waals surface area contributed by atoms with Crippen LogP contribution in [0.25, 0.3) is 0 Å². The first-order chi connectivity index (χ1) is 10.9. The van der Waals surface area contributed by atoms with Crippen LogP contribution in [0, 0.1) is 11.3 Å². The first-order valence-electron chi connectivity index (χ1n) is 8.82. The molecule has 1 aliphatic rings. The maximum Gasteiger partial charge on any atom is 0.339 e. The minimum Gasteiger partial charge on any atom is -0.462 e. The maximum absolute atomic E-state index is 12.4. The van der Waals surface area contributed by atoms with E-state index in [2.05, 4.69) is 41.3 Å². The standard InChI is InChI=1S/C19H30BrNO2/c1-5-23-18(22)16-13-21(11-7-6-10-20)17-9-8-14(12-15(16)17)19(2,3)4/h13-14H,5-12H2,1-4H3. The monoisotopic (exact) mass is 383 g/mol. The SMILES string of the molecule is CCOC(=O)c1cn(CCCCBr)c2c1CC(C(C)(C)C)CC2. The molecule has 1 aromatic heterocycles. The Labute approximate surface area is 148 Å². The Balaban J connectivity index is 2.30. The molecule has 1 aromatic rings. The molecule has 23 heavy (non-hydrogen) atoms. The average Bonchev–Trinajstić information content (AvgIpc) is 2.85. The van der Waals surface area contributed by atoms with Gasteiger partial charge in [0.15, 0.2) is 0 Å². The van der Waals surface area contributed by atoms with Crippen molar-refractivity contribution in [1.29, 1.82) is 0 Å². The number of hydrogen-bond acceptors (Lipinski definition) is 2. The molecule has 0 radical (unpaired) electrons. The topological polar surface area (TPSA) is 31.2 Å². The second kappa shape index (κ2) is 7.87. The first kappa shape index (κ1) is 18.6. The minimum absolute atomic E-state index is 0.155. The minimum atomic E-state index is -0.155. The number of ether oxygens (including phenoxy) is 1. The van der Waals surface area contributed by atoms with Gasteiger partial charge in [0.25, 0.3) is 0 Å². The molecule has 0 spiro atoms. The average molecular weight is 384 g/mol. The van der Waals surface area contributed by atoms with E-state index in [4.69, 9.17) is 4.74 Å². The Morgan fingerprint density at radius 3 is 2.74 bits per heavy atom. The van der Waals surface area contributed by atoms with Crippen LogP contribution in [0.2, 0.25) is 0 Å². The fourth-order valence-corrected chi connectivity index (χ4v) is 3.92. The van der Waals surface area contributed by atoms with Crippen LogP contribution < -0.4 is 0 Å². The van der Waals surface area contributed by atoms with Gasteiger partial charge in [-0.1, -0.05) is 36.7 Å². The van der Waals surface area contributed by atoms with Crippen molar-refractivity contribution in [2.24, 2.45) is 11.3 Å². The van der Waals surface area contributed by atoms with Gasteiger partial charge in [-0.25, -0.2) is 4.79 Å². The molecule has 0 saturated carbocycles.